The lowest BCUT2D eigenvalue weighted by Crippen LogP contribution is -2.32. The molecule has 2 aromatic carbocycles. The standard InChI is InChI=1S/C24H28N4O5S/c1-25-24(30)19-11-9-18(10-12-19)15-28(16-21-7-5-13-33-21)17-23(29)26-20-6-4-8-22(14-20)34(31,32)27(2)3/h4-14H,15-17H2,1-3H3,(H,25,30)(H,26,29). The number of carbonyl (C=O) groups excluding carboxylic acids is 2. The van der Waals surface area contributed by atoms with Crippen LogP contribution in [-0.4, -0.2) is 57.1 Å². The van der Waals surface area contributed by atoms with Crippen LogP contribution in [0.15, 0.2) is 76.2 Å². The van der Waals surface area contributed by atoms with Crippen molar-refractivity contribution in [3.63, 3.8) is 0 Å². The molecule has 180 valence electrons. The monoisotopic (exact) mass is 484 g/mol. The van der Waals surface area contributed by atoms with Gasteiger partial charge >= 0.3 is 0 Å². The second kappa shape index (κ2) is 11.1. The van der Waals surface area contributed by atoms with Gasteiger partial charge in [0.25, 0.3) is 5.91 Å². The maximum atomic E-state index is 12.8. The summed E-state index contributed by atoms with van der Waals surface area (Å²) in [7, 11) is 0.866. The summed E-state index contributed by atoms with van der Waals surface area (Å²) in [6.45, 7) is 0.881. The van der Waals surface area contributed by atoms with Gasteiger partial charge in [0, 0.05) is 38.9 Å². The molecule has 2 amide bonds. The molecule has 3 rings (SSSR count). The van der Waals surface area contributed by atoms with Gasteiger partial charge in [0.15, 0.2) is 0 Å². The molecular formula is C24H28N4O5S. The van der Waals surface area contributed by atoms with Crippen LogP contribution in [-0.2, 0) is 27.9 Å². The van der Waals surface area contributed by atoms with E-state index in [1.54, 1.807) is 43.6 Å². The summed E-state index contributed by atoms with van der Waals surface area (Å²) in [6.07, 6.45) is 1.57. The minimum absolute atomic E-state index is 0.0442. The van der Waals surface area contributed by atoms with E-state index in [0.717, 1.165) is 9.87 Å². The molecule has 1 aromatic heterocycles. The second-order valence-electron chi connectivity index (χ2n) is 7.86. The molecule has 10 heteroatoms. The fourth-order valence-electron chi connectivity index (χ4n) is 3.30. The average Bonchev–Trinajstić information content (AvgIpc) is 3.32. The van der Waals surface area contributed by atoms with Crippen molar-refractivity contribution < 1.29 is 22.4 Å². The molecule has 0 aliphatic heterocycles. The normalized spacial score (nSPS) is 11.6. The molecule has 0 saturated carbocycles. The smallest absolute Gasteiger partial charge is 0.251 e. The summed E-state index contributed by atoms with van der Waals surface area (Å²) in [5.41, 5.74) is 1.86. The number of nitrogens with one attached hydrogen (secondary N) is 2. The van der Waals surface area contributed by atoms with Crippen molar-refractivity contribution in [2.75, 3.05) is 33.0 Å². The van der Waals surface area contributed by atoms with E-state index in [9.17, 15) is 18.0 Å². The first-order valence-corrected chi connectivity index (χ1v) is 12.0. The van der Waals surface area contributed by atoms with Crippen molar-refractivity contribution in [3.05, 3.63) is 83.8 Å². The van der Waals surface area contributed by atoms with Crippen molar-refractivity contribution in [1.82, 2.24) is 14.5 Å². The zero-order valence-corrected chi connectivity index (χ0v) is 20.1. The maximum absolute atomic E-state index is 12.8. The molecule has 2 N–H and O–H groups in total. The summed E-state index contributed by atoms with van der Waals surface area (Å²) in [5.74, 6) is 0.235. The van der Waals surface area contributed by atoms with E-state index in [1.165, 1.54) is 26.2 Å². The second-order valence-corrected chi connectivity index (χ2v) is 10.0. The largest absolute Gasteiger partial charge is 0.468 e. The van der Waals surface area contributed by atoms with Crippen LogP contribution >= 0.6 is 0 Å². The van der Waals surface area contributed by atoms with Crippen LogP contribution in [0.3, 0.4) is 0 Å². The highest BCUT2D eigenvalue weighted by atomic mass is 32.2. The number of rotatable bonds is 10. The zero-order chi connectivity index (χ0) is 24.7. The molecule has 3 aromatic rings. The van der Waals surface area contributed by atoms with Gasteiger partial charge in [-0.25, -0.2) is 12.7 Å². The number of hydrogen-bond acceptors (Lipinski definition) is 6. The maximum Gasteiger partial charge on any atom is 0.251 e. The third-order valence-electron chi connectivity index (χ3n) is 5.07. The third-order valence-corrected chi connectivity index (χ3v) is 6.88. The van der Waals surface area contributed by atoms with Crippen LogP contribution in [0.1, 0.15) is 21.7 Å². The van der Waals surface area contributed by atoms with Gasteiger partial charge in [-0.05, 0) is 48.0 Å². The SMILES string of the molecule is CNC(=O)c1ccc(CN(CC(=O)Nc2cccc(S(=O)(=O)N(C)C)c2)Cc2ccco2)cc1. The third kappa shape index (κ3) is 6.53. The molecule has 0 spiro atoms. The number of nitrogens with zero attached hydrogens (tertiary/aromatic N) is 2. The first-order chi connectivity index (χ1) is 16.2. The highest BCUT2D eigenvalue weighted by molar-refractivity contribution is 7.89. The van der Waals surface area contributed by atoms with Crippen LogP contribution < -0.4 is 10.6 Å². The van der Waals surface area contributed by atoms with Gasteiger partial charge in [0.1, 0.15) is 5.76 Å². The molecule has 0 fully saturated rings. The molecule has 34 heavy (non-hydrogen) atoms. The van der Waals surface area contributed by atoms with Crippen LogP contribution in [0.2, 0.25) is 0 Å². The van der Waals surface area contributed by atoms with Crippen molar-refractivity contribution >= 4 is 27.5 Å². The minimum Gasteiger partial charge on any atom is -0.468 e. The minimum atomic E-state index is -3.61. The van der Waals surface area contributed by atoms with Crippen LogP contribution in [0.25, 0.3) is 0 Å². The van der Waals surface area contributed by atoms with E-state index in [4.69, 9.17) is 4.42 Å². The average molecular weight is 485 g/mol. The van der Waals surface area contributed by atoms with E-state index in [1.807, 2.05) is 23.1 Å². The van der Waals surface area contributed by atoms with Gasteiger partial charge in [0.05, 0.1) is 24.2 Å². The number of carbonyl (C=O) groups is 2. The summed E-state index contributed by atoms with van der Waals surface area (Å²) >= 11 is 0. The Bertz CT molecular complexity index is 1220. The Kier molecular flexibility index (Phi) is 8.21. The Morgan fingerprint density at radius 3 is 2.32 bits per heavy atom. The Morgan fingerprint density at radius 1 is 0.971 bits per heavy atom. The molecule has 0 bridgehead atoms. The van der Waals surface area contributed by atoms with E-state index in [0.29, 0.717) is 30.1 Å². The molecule has 0 aliphatic rings. The van der Waals surface area contributed by atoms with Gasteiger partial charge in [-0.15, -0.1) is 0 Å². The van der Waals surface area contributed by atoms with Gasteiger partial charge in [-0.3, -0.25) is 14.5 Å². The fourth-order valence-corrected chi connectivity index (χ4v) is 4.25. The van der Waals surface area contributed by atoms with Gasteiger partial charge < -0.3 is 15.1 Å². The topological polar surface area (TPSA) is 112 Å². The Balaban J connectivity index is 1.72. The summed E-state index contributed by atoms with van der Waals surface area (Å²) in [4.78, 5) is 26.6. The molecule has 1 heterocycles. The lowest BCUT2D eigenvalue weighted by atomic mass is 10.1. The quantitative estimate of drug-likeness (QED) is 0.457. The lowest BCUT2D eigenvalue weighted by molar-refractivity contribution is -0.117. The first-order valence-electron chi connectivity index (χ1n) is 10.6. The van der Waals surface area contributed by atoms with Crippen molar-refractivity contribution in [1.29, 1.82) is 0 Å². The molecule has 0 unspecified atom stereocenters. The van der Waals surface area contributed by atoms with E-state index < -0.39 is 10.0 Å². The van der Waals surface area contributed by atoms with Crippen LogP contribution in [0.4, 0.5) is 5.69 Å². The Labute approximate surface area is 199 Å². The van der Waals surface area contributed by atoms with Crippen LogP contribution in [0, 0.1) is 0 Å². The molecule has 0 saturated heterocycles. The van der Waals surface area contributed by atoms with E-state index >= 15 is 0 Å². The number of hydrogen-bond donors (Lipinski definition) is 2. The number of benzene rings is 2. The van der Waals surface area contributed by atoms with E-state index in [2.05, 4.69) is 10.6 Å². The highest BCUT2D eigenvalue weighted by Gasteiger charge is 2.19. The predicted molar refractivity (Wildman–Crippen MR) is 129 cm³/mol. The van der Waals surface area contributed by atoms with E-state index in [-0.39, 0.29) is 23.3 Å². The van der Waals surface area contributed by atoms with Crippen molar-refractivity contribution in [3.8, 4) is 0 Å². The number of amides is 2. The number of furan rings is 1. The number of anilines is 1. The lowest BCUT2D eigenvalue weighted by Gasteiger charge is -2.21. The first kappa shape index (κ1) is 25.2. The van der Waals surface area contributed by atoms with Gasteiger partial charge in [-0.1, -0.05) is 18.2 Å². The van der Waals surface area contributed by atoms with Gasteiger partial charge in [0.2, 0.25) is 15.9 Å². The molecular weight excluding hydrogens is 456 g/mol. The summed E-state index contributed by atoms with van der Waals surface area (Å²) in [6, 6.07) is 16.9. The fraction of sp³-hybridized carbons (Fsp3) is 0.250. The van der Waals surface area contributed by atoms with Gasteiger partial charge in [-0.2, -0.15) is 0 Å². The summed E-state index contributed by atoms with van der Waals surface area (Å²) in [5, 5.41) is 5.36. The number of sulfonamides is 1. The Morgan fingerprint density at radius 2 is 1.71 bits per heavy atom. The van der Waals surface area contributed by atoms with Crippen molar-refractivity contribution in [2.45, 2.75) is 18.0 Å². The highest BCUT2D eigenvalue weighted by Crippen LogP contribution is 2.18. The zero-order valence-electron chi connectivity index (χ0n) is 19.3. The molecule has 0 atom stereocenters. The Hall–Kier alpha value is -3.47. The molecule has 9 nitrogen and oxygen atoms in total. The molecule has 0 aliphatic carbocycles. The molecule has 0 radical (unpaired) electrons. The predicted octanol–water partition coefficient (Wildman–Crippen LogP) is 2.53. The van der Waals surface area contributed by atoms with Crippen molar-refractivity contribution in [2.24, 2.45) is 0 Å². The summed E-state index contributed by atoms with van der Waals surface area (Å²) < 4.78 is 31.3. The van der Waals surface area contributed by atoms with Crippen LogP contribution in [0.5, 0.6) is 0 Å².